The average Bonchev–Trinajstić information content (AvgIpc) is 3.12. The maximum absolute atomic E-state index is 12.6. The van der Waals surface area contributed by atoms with Crippen LogP contribution in [0.4, 0.5) is 4.79 Å². The molecule has 3 rings (SSSR count). The standard InChI is InChI=1S/C21H27N3O3/c1-4-24(14-18-9-10-19-20(11-18)27-15-26-19)21(25)22-12-16-5-7-17(8-6-16)13-23(2)3/h5-11H,4,12-15H2,1-3H3,(H,22,25). The van der Waals surface area contributed by atoms with Gasteiger partial charge >= 0.3 is 6.03 Å². The number of benzene rings is 2. The molecule has 2 aromatic rings. The summed E-state index contributed by atoms with van der Waals surface area (Å²) >= 11 is 0. The van der Waals surface area contributed by atoms with Gasteiger partial charge in [0.2, 0.25) is 6.79 Å². The molecule has 6 nitrogen and oxygen atoms in total. The van der Waals surface area contributed by atoms with E-state index in [9.17, 15) is 4.79 Å². The van der Waals surface area contributed by atoms with Gasteiger partial charge in [0.25, 0.3) is 0 Å². The Morgan fingerprint density at radius 1 is 0.963 bits per heavy atom. The van der Waals surface area contributed by atoms with Crippen LogP contribution in [0.3, 0.4) is 0 Å². The first-order chi connectivity index (χ1) is 13.0. The van der Waals surface area contributed by atoms with Crippen LogP contribution in [0.25, 0.3) is 0 Å². The van der Waals surface area contributed by atoms with E-state index in [1.54, 1.807) is 4.90 Å². The number of hydrogen-bond donors (Lipinski definition) is 1. The van der Waals surface area contributed by atoms with Gasteiger partial charge in [0.05, 0.1) is 0 Å². The third-order valence-electron chi connectivity index (χ3n) is 4.44. The van der Waals surface area contributed by atoms with Crippen molar-refractivity contribution in [2.24, 2.45) is 0 Å². The fourth-order valence-electron chi connectivity index (χ4n) is 3.00. The van der Waals surface area contributed by atoms with E-state index in [1.807, 2.05) is 39.2 Å². The van der Waals surface area contributed by atoms with Crippen LogP contribution in [-0.2, 0) is 19.6 Å². The Hall–Kier alpha value is -2.73. The molecule has 0 bridgehead atoms. The van der Waals surface area contributed by atoms with Gasteiger partial charge in [-0.1, -0.05) is 30.3 Å². The zero-order valence-corrected chi connectivity index (χ0v) is 16.2. The maximum Gasteiger partial charge on any atom is 0.317 e. The number of carbonyl (C=O) groups excluding carboxylic acids is 1. The van der Waals surface area contributed by atoms with E-state index >= 15 is 0 Å². The van der Waals surface area contributed by atoms with Crippen LogP contribution in [-0.4, -0.2) is 43.3 Å². The van der Waals surface area contributed by atoms with E-state index in [-0.39, 0.29) is 12.8 Å². The Balaban J connectivity index is 1.54. The zero-order valence-electron chi connectivity index (χ0n) is 16.2. The van der Waals surface area contributed by atoms with Crippen molar-refractivity contribution in [3.63, 3.8) is 0 Å². The van der Waals surface area contributed by atoms with E-state index in [1.165, 1.54) is 5.56 Å². The van der Waals surface area contributed by atoms with Gasteiger partial charge in [-0.15, -0.1) is 0 Å². The van der Waals surface area contributed by atoms with Crippen LogP contribution >= 0.6 is 0 Å². The molecule has 1 aliphatic rings. The molecule has 0 fully saturated rings. The first kappa shape index (κ1) is 19.0. The van der Waals surface area contributed by atoms with Crippen molar-refractivity contribution in [2.75, 3.05) is 27.4 Å². The molecule has 2 aromatic carbocycles. The molecule has 2 amide bonds. The van der Waals surface area contributed by atoms with E-state index in [0.717, 1.165) is 29.2 Å². The smallest absolute Gasteiger partial charge is 0.317 e. The maximum atomic E-state index is 12.6. The summed E-state index contributed by atoms with van der Waals surface area (Å²) in [6, 6.07) is 14.0. The van der Waals surface area contributed by atoms with Crippen LogP contribution in [0, 0.1) is 0 Å². The third-order valence-corrected chi connectivity index (χ3v) is 4.44. The monoisotopic (exact) mass is 369 g/mol. The second-order valence-electron chi connectivity index (χ2n) is 6.91. The minimum Gasteiger partial charge on any atom is -0.454 e. The number of ether oxygens (including phenoxy) is 2. The van der Waals surface area contributed by atoms with Crippen molar-refractivity contribution in [3.8, 4) is 11.5 Å². The number of fused-ring (bicyclic) bond motifs is 1. The van der Waals surface area contributed by atoms with Gasteiger partial charge in [0.15, 0.2) is 11.5 Å². The highest BCUT2D eigenvalue weighted by Crippen LogP contribution is 2.32. The summed E-state index contributed by atoms with van der Waals surface area (Å²) < 4.78 is 10.7. The molecule has 6 heteroatoms. The van der Waals surface area contributed by atoms with Crippen LogP contribution in [0.5, 0.6) is 11.5 Å². The lowest BCUT2D eigenvalue weighted by Crippen LogP contribution is -2.39. The van der Waals surface area contributed by atoms with E-state index in [0.29, 0.717) is 19.6 Å². The normalized spacial score (nSPS) is 12.3. The molecule has 0 saturated heterocycles. The highest BCUT2D eigenvalue weighted by molar-refractivity contribution is 5.74. The lowest BCUT2D eigenvalue weighted by Gasteiger charge is -2.22. The third kappa shape index (κ3) is 5.14. The molecule has 0 saturated carbocycles. The van der Waals surface area contributed by atoms with Crippen LogP contribution in [0.1, 0.15) is 23.6 Å². The Kier molecular flexibility index (Phi) is 6.19. The van der Waals surface area contributed by atoms with Crippen molar-refractivity contribution < 1.29 is 14.3 Å². The Bertz CT molecular complexity index is 775. The molecular weight excluding hydrogens is 342 g/mol. The molecule has 0 atom stereocenters. The summed E-state index contributed by atoms with van der Waals surface area (Å²) in [5, 5.41) is 3.00. The van der Waals surface area contributed by atoms with Crippen LogP contribution < -0.4 is 14.8 Å². The minimum atomic E-state index is -0.0764. The fourth-order valence-corrected chi connectivity index (χ4v) is 3.00. The number of nitrogens with one attached hydrogen (secondary N) is 1. The summed E-state index contributed by atoms with van der Waals surface area (Å²) in [6.45, 7) is 4.81. The first-order valence-corrected chi connectivity index (χ1v) is 9.19. The first-order valence-electron chi connectivity index (χ1n) is 9.19. The molecule has 0 unspecified atom stereocenters. The van der Waals surface area contributed by atoms with Crippen LogP contribution in [0.2, 0.25) is 0 Å². The van der Waals surface area contributed by atoms with Gasteiger partial charge in [-0.05, 0) is 49.8 Å². The quantitative estimate of drug-likeness (QED) is 0.814. The molecule has 1 aliphatic heterocycles. The second kappa shape index (κ2) is 8.77. The van der Waals surface area contributed by atoms with Gasteiger partial charge in [0, 0.05) is 26.2 Å². The minimum absolute atomic E-state index is 0.0764. The summed E-state index contributed by atoms with van der Waals surface area (Å²) in [4.78, 5) is 16.5. The Morgan fingerprint density at radius 3 is 2.33 bits per heavy atom. The zero-order chi connectivity index (χ0) is 19.2. The largest absolute Gasteiger partial charge is 0.454 e. The number of rotatable bonds is 7. The van der Waals surface area contributed by atoms with Crippen molar-refractivity contribution >= 4 is 6.03 Å². The number of amides is 2. The Morgan fingerprint density at radius 2 is 1.63 bits per heavy atom. The van der Waals surface area contributed by atoms with Gasteiger partial charge in [-0.3, -0.25) is 0 Å². The molecule has 0 spiro atoms. The second-order valence-corrected chi connectivity index (χ2v) is 6.91. The van der Waals surface area contributed by atoms with Gasteiger partial charge < -0.3 is 24.6 Å². The predicted octanol–water partition coefficient (Wildman–Crippen LogP) is 3.21. The van der Waals surface area contributed by atoms with Crippen molar-refractivity contribution in [1.29, 1.82) is 0 Å². The SMILES string of the molecule is CCN(Cc1ccc2c(c1)OCO2)C(=O)NCc1ccc(CN(C)C)cc1. The van der Waals surface area contributed by atoms with Gasteiger partial charge in [-0.25, -0.2) is 4.79 Å². The summed E-state index contributed by atoms with van der Waals surface area (Å²) in [5.41, 5.74) is 3.36. The van der Waals surface area contributed by atoms with E-state index in [4.69, 9.17) is 9.47 Å². The van der Waals surface area contributed by atoms with Crippen molar-refractivity contribution in [3.05, 3.63) is 59.2 Å². The number of nitrogens with zero attached hydrogens (tertiary/aromatic N) is 2. The van der Waals surface area contributed by atoms with Gasteiger partial charge in [-0.2, -0.15) is 0 Å². The number of urea groups is 1. The lowest BCUT2D eigenvalue weighted by atomic mass is 10.1. The molecule has 27 heavy (non-hydrogen) atoms. The van der Waals surface area contributed by atoms with Crippen molar-refractivity contribution in [1.82, 2.24) is 15.1 Å². The molecule has 0 aliphatic carbocycles. The van der Waals surface area contributed by atoms with Crippen molar-refractivity contribution in [2.45, 2.75) is 26.6 Å². The highest BCUT2D eigenvalue weighted by atomic mass is 16.7. The molecule has 144 valence electrons. The Labute approximate surface area is 160 Å². The van der Waals surface area contributed by atoms with E-state index < -0.39 is 0 Å². The highest BCUT2D eigenvalue weighted by Gasteiger charge is 2.16. The molecule has 1 N–H and O–H groups in total. The molecular formula is C21H27N3O3. The fraction of sp³-hybridized carbons (Fsp3) is 0.381. The topological polar surface area (TPSA) is 54.0 Å². The van der Waals surface area contributed by atoms with Crippen LogP contribution in [0.15, 0.2) is 42.5 Å². The molecule has 1 heterocycles. The molecule has 0 aromatic heterocycles. The number of carbonyl (C=O) groups is 1. The van der Waals surface area contributed by atoms with Gasteiger partial charge in [0.1, 0.15) is 0 Å². The average molecular weight is 369 g/mol. The lowest BCUT2D eigenvalue weighted by molar-refractivity contribution is 0.173. The summed E-state index contributed by atoms with van der Waals surface area (Å²) in [7, 11) is 4.10. The van der Waals surface area contributed by atoms with E-state index in [2.05, 4.69) is 34.5 Å². The number of hydrogen-bond acceptors (Lipinski definition) is 4. The predicted molar refractivity (Wildman–Crippen MR) is 105 cm³/mol. The summed E-state index contributed by atoms with van der Waals surface area (Å²) in [6.07, 6.45) is 0. The summed E-state index contributed by atoms with van der Waals surface area (Å²) in [5.74, 6) is 1.49. The molecule has 0 radical (unpaired) electrons.